The standard InChI is InChI=1S/C17H16Cl2N4O3S2/c1-17(2)14(22(16(27)28-17)20-9-11-4-3-7-26-11)23(25)15(24)21-10-5-6-12(18)13(19)8-10/h3-9,14,25H,1-2H3,(H,21,24)/t14-/m1/s1. The zero-order valence-electron chi connectivity index (χ0n) is 14.8. The Hall–Kier alpha value is -1.78. The van der Waals surface area contributed by atoms with Gasteiger partial charge < -0.3 is 9.73 Å². The Morgan fingerprint density at radius 1 is 1.43 bits per heavy atom. The van der Waals surface area contributed by atoms with Gasteiger partial charge in [-0.3, -0.25) is 5.21 Å². The van der Waals surface area contributed by atoms with Crippen molar-refractivity contribution < 1.29 is 14.4 Å². The lowest BCUT2D eigenvalue weighted by Crippen LogP contribution is -2.54. The zero-order chi connectivity index (χ0) is 20.5. The summed E-state index contributed by atoms with van der Waals surface area (Å²) in [6, 6.07) is 7.30. The molecule has 11 heteroatoms. The second kappa shape index (κ2) is 8.30. The van der Waals surface area contributed by atoms with Crippen molar-refractivity contribution in [2.45, 2.75) is 24.8 Å². The van der Waals surface area contributed by atoms with Crippen molar-refractivity contribution in [3.63, 3.8) is 0 Å². The van der Waals surface area contributed by atoms with Gasteiger partial charge in [0, 0.05) is 5.69 Å². The van der Waals surface area contributed by atoms with Crippen molar-refractivity contribution in [3.05, 3.63) is 52.4 Å². The molecule has 0 unspecified atom stereocenters. The van der Waals surface area contributed by atoms with Gasteiger partial charge in [0.1, 0.15) is 5.76 Å². The van der Waals surface area contributed by atoms with Gasteiger partial charge in [0.2, 0.25) is 0 Å². The van der Waals surface area contributed by atoms with E-state index >= 15 is 0 Å². The summed E-state index contributed by atoms with van der Waals surface area (Å²) in [7, 11) is 0. The van der Waals surface area contributed by atoms with Gasteiger partial charge in [-0.15, -0.1) is 0 Å². The average molecular weight is 459 g/mol. The third-order valence-corrected chi connectivity index (χ3v) is 6.13. The molecular weight excluding hydrogens is 443 g/mol. The molecule has 3 rings (SSSR count). The van der Waals surface area contributed by atoms with Crippen LogP contribution in [0.2, 0.25) is 10.0 Å². The predicted molar refractivity (Wildman–Crippen MR) is 115 cm³/mol. The smallest absolute Gasteiger partial charge is 0.347 e. The van der Waals surface area contributed by atoms with E-state index in [0.29, 0.717) is 25.9 Å². The molecule has 2 heterocycles. The summed E-state index contributed by atoms with van der Waals surface area (Å²) >= 11 is 18.5. The molecule has 1 fully saturated rings. The minimum Gasteiger partial charge on any atom is -0.463 e. The number of furan rings is 1. The number of nitrogens with one attached hydrogen (secondary N) is 1. The molecule has 2 aromatic rings. The first-order valence-electron chi connectivity index (χ1n) is 8.03. The van der Waals surface area contributed by atoms with Crippen molar-refractivity contribution in [1.82, 2.24) is 10.1 Å². The van der Waals surface area contributed by atoms with E-state index in [1.807, 2.05) is 13.8 Å². The lowest BCUT2D eigenvalue weighted by Gasteiger charge is -2.34. The zero-order valence-corrected chi connectivity index (χ0v) is 17.9. The van der Waals surface area contributed by atoms with E-state index in [0.717, 1.165) is 0 Å². The fourth-order valence-electron chi connectivity index (χ4n) is 2.58. The minimum absolute atomic E-state index is 0.284. The molecule has 7 nitrogen and oxygen atoms in total. The van der Waals surface area contributed by atoms with Gasteiger partial charge in [-0.1, -0.05) is 47.2 Å². The number of thiocarbonyl (C=S) groups is 1. The third-order valence-electron chi connectivity index (χ3n) is 3.85. The van der Waals surface area contributed by atoms with Gasteiger partial charge in [0.05, 0.1) is 27.3 Å². The normalized spacial score (nSPS) is 18.7. The summed E-state index contributed by atoms with van der Waals surface area (Å²) in [5, 5.41) is 20.1. The molecule has 1 atom stereocenters. The highest BCUT2D eigenvalue weighted by molar-refractivity contribution is 8.24. The Balaban J connectivity index is 1.81. The molecule has 148 valence electrons. The van der Waals surface area contributed by atoms with Gasteiger partial charge in [0.25, 0.3) is 0 Å². The maximum Gasteiger partial charge on any atom is 0.347 e. The molecule has 2 amide bonds. The minimum atomic E-state index is -0.848. The van der Waals surface area contributed by atoms with Crippen molar-refractivity contribution in [2.24, 2.45) is 5.10 Å². The number of thioether (sulfide) groups is 1. The highest BCUT2D eigenvalue weighted by Gasteiger charge is 2.50. The van der Waals surface area contributed by atoms with Gasteiger partial charge in [-0.2, -0.15) is 10.2 Å². The number of urea groups is 1. The quantitative estimate of drug-likeness (QED) is 0.280. The van der Waals surface area contributed by atoms with Crippen LogP contribution in [-0.4, -0.2) is 42.8 Å². The molecule has 1 aromatic heterocycles. The number of benzene rings is 1. The monoisotopic (exact) mass is 458 g/mol. The molecule has 0 spiro atoms. The van der Waals surface area contributed by atoms with Crippen LogP contribution in [0.15, 0.2) is 46.1 Å². The molecular formula is C17H16Cl2N4O3S2. The molecule has 1 aliphatic rings. The van der Waals surface area contributed by atoms with Crippen LogP contribution in [0.5, 0.6) is 0 Å². The van der Waals surface area contributed by atoms with Crippen LogP contribution in [0.4, 0.5) is 10.5 Å². The lowest BCUT2D eigenvalue weighted by atomic mass is 10.1. The number of rotatable bonds is 4. The van der Waals surface area contributed by atoms with E-state index in [-0.39, 0.29) is 5.02 Å². The summed E-state index contributed by atoms with van der Waals surface area (Å²) in [5.74, 6) is 0.515. The van der Waals surface area contributed by atoms with E-state index in [9.17, 15) is 10.0 Å². The Morgan fingerprint density at radius 2 is 2.18 bits per heavy atom. The Labute approximate surface area is 181 Å². The molecule has 0 bridgehead atoms. The number of amides is 2. The fraction of sp³-hybridized carbons (Fsp3) is 0.235. The van der Waals surface area contributed by atoms with E-state index in [2.05, 4.69) is 10.4 Å². The maximum absolute atomic E-state index is 12.6. The molecule has 0 radical (unpaired) electrons. The van der Waals surface area contributed by atoms with E-state index in [1.54, 1.807) is 24.3 Å². The lowest BCUT2D eigenvalue weighted by molar-refractivity contribution is -0.114. The average Bonchev–Trinajstić information content (AvgIpc) is 3.21. The molecule has 2 N–H and O–H groups in total. The number of anilines is 1. The van der Waals surface area contributed by atoms with Crippen molar-refractivity contribution in [3.8, 4) is 0 Å². The number of hydroxylamine groups is 2. The van der Waals surface area contributed by atoms with E-state index in [1.165, 1.54) is 35.3 Å². The summed E-state index contributed by atoms with van der Waals surface area (Å²) in [5.41, 5.74) is 0.384. The molecule has 0 saturated carbocycles. The van der Waals surface area contributed by atoms with Crippen molar-refractivity contribution in [1.29, 1.82) is 0 Å². The summed E-state index contributed by atoms with van der Waals surface area (Å²) in [4.78, 5) is 12.6. The van der Waals surface area contributed by atoms with E-state index in [4.69, 9.17) is 39.8 Å². The first-order valence-corrected chi connectivity index (χ1v) is 10.0. The topological polar surface area (TPSA) is 81.3 Å². The second-order valence-electron chi connectivity index (χ2n) is 6.35. The molecule has 0 aliphatic carbocycles. The summed E-state index contributed by atoms with van der Waals surface area (Å²) in [6.07, 6.45) is 2.13. The SMILES string of the molecule is CC1(C)SC(=S)N(N=Cc2ccco2)[C@@H]1N(O)C(=O)Nc1ccc(Cl)c(Cl)c1. The molecule has 1 saturated heterocycles. The van der Waals surface area contributed by atoms with Crippen LogP contribution in [0, 0.1) is 0 Å². The highest BCUT2D eigenvalue weighted by Crippen LogP contribution is 2.42. The van der Waals surface area contributed by atoms with Crippen LogP contribution >= 0.6 is 47.2 Å². The second-order valence-corrected chi connectivity index (χ2v) is 9.46. The Kier molecular flexibility index (Phi) is 6.21. The number of nitrogens with zero attached hydrogens (tertiary/aromatic N) is 3. The van der Waals surface area contributed by atoms with Gasteiger partial charge in [-0.25, -0.2) is 9.80 Å². The van der Waals surface area contributed by atoms with Crippen LogP contribution < -0.4 is 5.32 Å². The van der Waals surface area contributed by atoms with Gasteiger partial charge in [-0.05, 0) is 44.2 Å². The number of carbonyl (C=O) groups is 1. The molecule has 28 heavy (non-hydrogen) atoms. The largest absolute Gasteiger partial charge is 0.463 e. The Morgan fingerprint density at radius 3 is 2.82 bits per heavy atom. The number of hydrogen-bond donors (Lipinski definition) is 2. The molecule has 1 aromatic carbocycles. The predicted octanol–water partition coefficient (Wildman–Crippen LogP) is 5.28. The molecule has 1 aliphatic heterocycles. The van der Waals surface area contributed by atoms with Crippen molar-refractivity contribution >= 4 is 69.4 Å². The van der Waals surface area contributed by atoms with Crippen molar-refractivity contribution in [2.75, 3.05) is 5.32 Å². The third kappa shape index (κ3) is 4.44. The number of halogens is 2. The highest BCUT2D eigenvalue weighted by atomic mass is 35.5. The van der Waals surface area contributed by atoms with Crippen LogP contribution in [-0.2, 0) is 0 Å². The fourth-order valence-corrected chi connectivity index (χ4v) is 4.66. The summed E-state index contributed by atoms with van der Waals surface area (Å²) in [6.45, 7) is 3.71. The first kappa shape index (κ1) is 20.9. The Bertz CT molecular complexity index is 921. The number of carbonyl (C=O) groups excluding carboxylic acids is 1. The van der Waals surface area contributed by atoms with Crippen LogP contribution in [0.25, 0.3) is 0 Å². The maximum atomic E-state index is 12.6. The van der Waals surface area contributed by atoms with E-state index < -0.39 is 16.9 Å². The van der Waals surface area contributed by atoms with Gasteiger partial charge >= 0.3 is 6.03 Å². The first-order chi connectivity index (χ1) is 13.2. The number of hydrogen-bond acceptors (Lipinski definition) is 6. The van der Waals surface area contributed by atoms with Crippen LogP contribution in [0.1, 0.15) is 19.6 Å². The van der Waals surface area contributed by atoms with Crippen LogP contribution in [0.3, 0.4) is 0 Å². The summed E-state index contributed by atoms with van der Waals surface area (Å²) < 4.78 is 5.01. The van der Waals surface area contributed by atoms with Gasteiger partial charge in [0.15, 0.2) is 10.5 Å². The number of hydrazone groups is 1.